The number of aromatic nitrogens is 2. The second-order valence-electron chi connectivity index (χ2n) is 5.17. The average Bonchev–Trinajstić information content (AvgIpc) is 3.16. The standard InChI is InChI=1S/C15H17N3O/c1-10-3-7-12(8-4-10)16-15(19)14-9-13(11-5-6-11)17-18(14)2/h3-4,7-9,11H,5-6H2,1-2H3,(H,16,19). The molecule has 98 valence electrons. The van der Waals surface area contributed by atoms with Crippen LogP contribution < -0.4 is 5.32 Å². The Kier molecular flexibility index (Phi) is 2.85. The third-order valence-corrected chi connectivity index (χ3v) is 3.44. The molecule has 4 heteroatoms. The Bertz CT molecular complexity index is 609. The van der Waals surface area contributed by atoms with Gasteiger partial charge in [-0.3, -0.25) is 9.48 Å². The number of nitrogens with one attached hydrogen (secondary N) is 1. The van der Waals surface area contributed by atoms with Gasteiger partial charge in [-0.1, -0.05) is 17.7 Å². The zero-order valence-electron chi connectivity index (χ0n) is 11.2. The lowest BCUT2D eigenvalue weighted by atomic mass is 10.2. The topological polar surface area (TPSA) is 46.9 Å². The van der Waals surface area contributed by atoms with Crippen LogP contribution in [0.2, 0.25) is 0 Å². The van der Waals surface area contributed by atoms with Gasteiger partial charge in [-0.25, -0.2) is 0 Å². The Morgan fingerprint density at radius 3 is 2.63 bits per heavy atom. The Hall–Kier alpha value is -2.10. The van der Waals surface area contributed by atoms with E-state index in [4.69, 9.17) is 0 Å². The van der Waals surface area contributed by atoms with Gasteiger partial charge in [-0.2, -0.15) is 5.10 Å². The third kappa shape index (κ3) is 2.52. The number of nitrogens with zero attached hydrogens (tertiary/aromatic N) is 2. The van der Waals surface area contributed by atoms with E-state index in [2.05, 4.69) is 10.4 Å². The highest BCUT2D eigenvalue weighted by Gasteiger charge is 2.27. The summed E-state index contributed by atoms with van der Waals surface area (Å²) < 4.78 is 1.66. The molecule has 1 amide bonds. The lowest BCUT2D eigenvalue weighted by Gasteiger charge is -2.05. The summed E-state index contributed by atoms with van der Waals surface area (Å²) in [6.45, 7) is 2.02. The number of benzene rings is 1. The van der Waals surface area contributed by atoms with Crippen molar-refractivity contribution >= 4 is 11.6 Å². The van der Waals surface area contributed by atoms with Crippen LogP contribution in [0, 0.1) is 6.92 Å². The van der Waals surface area contributed by atoms with Crippen LogP contribution in [0.25, 0.3) is 0 Å². The highest BCUT2D eigenvalue weighted by Crippen LogP contribution is 2.39. The van der Waals surface area contributed by atoms with E-state index in [0.717, 1.165) is 11.4 Å². The summed E-state index contributed by atoms with van der Waals surface area (Å²) >= 11 is 0. The van der Waals surface area contributed by atoms with Crippen LogP contribution in [0.5, 0.6) is 0 Å². The molecular formula is C15H17N3O. The smallest absolute Gasteiger partial charge is 0.273 e. The van der Waals surface area contributed by atoms with Crippen molar-refractivity contribution in [1.29, 1.82) is 0 Å². The molecule has 19 heavy (non-hydrogen) atoms. The summed E-state index contributed by atoms with van der Waals surface area (Å²) in [5, 5.41) is 7.30. The Balaban J connectivity index is 1.77. The largest absolute Gasteiger partial charge is 0.321 e. The van der Waals surface area contributed by atoms with E-state index in [1.165, 1.54) is 18.4 Å². The molecule has 1 aliphatic carbocycles. The minimum atomic E-state index is -0.106. The van der Waals surface area contributed by atoms with Gasteiger partial charge in [0.25, 0.3) is 5.91 Å². The Labute approximate surface area is 112 Å². The molecule has 1 aromatic heterocycles. The molecule has 1 heterocycles. The number of aryl methyl sites for hydroxylation is 2. The SMILES string of the molecule is Cc1ccc(NC(=O)c2cc(C3CC3)nn2C)cc1. The maximum Gasteiger partial charge on any atom is 0.273 e. The predicted molar refractivity (Wildman–Crippen MR) is 74.3 cm³/mol. The molecule has 1 saturated carbocycles. The first-order valence-electron chi connectivity index (χ1n) is 6.55. The summed E-state index contributed by atoms with van der Waals surface area (Å²) in [5.74, 6) is 0.456. The van der Waals surface area contributed by atoms with Crippen molar-refractivity contribution in [3.05, 3.63) is 47.3 Å². The summed E-state index contributed by atoms with van der Waals surface area (Å²) in [5.41, 5.74) is 3.64. The van der Waals surface area contributed by atoms with Crippen LogP contribution in [0.3, 0.4) is 0 Å². The van der Waals surface area contributed by atoms with Crippen molar-refractivity contribution in [3.63, 3.8) is 0 Å². The van der Waals surface area contributed by atoms with E-state index in [1.807, 2.05) is 44.3 Å². The van der Waals surface area contributed by atoms with Gasteiger partial charge < -0.3 is 5.32 Å². The van der Waals surface area contributed by atoms with E-state index in [-0.39, 0.29) is 5.91 Å². The van der Waals surface area contributed by atoms with Gasteiger partial charge in [0.15, 0.2) is 0 Å². The monoisotopic (exact) mass is 255 g/mol. The summed E-state index contributed by atoms with van der Waals surface area (Å²) in [7, 11) is 1.82. The predicted octanol–water partition coefficient (Wildman–Crippen LogP) is 2.86. The number of hydrogen-bond acceptors (Lipinski definition) is 2. The molecule has 4 nitrogen and oxygen atoms in total. The molecule has 0 bridgehead atoms. The zero-order chi connectivity index (χ0) is 13.4. The number of rotatable bonds is 3. The summed E-state index contributed by atoms with van der Waals surface area (Å²) in [4.78, 5) is 12.2. The van der Waals surface area contributed by atoms with Gasteiger partial charge >= 0.3 is 0 Å². The number of carbonyl (C=O) groups is 1. The van der Waals surface area contributed by atoms with Crippen LogP contribution in [0.15, 0.2) is 30.3 Å². The molecule has 0 unspecified atom stereocenters. The van der Waals surface area contributed by atoms with Gasteiger partial charge in [0, 0.05) is 18.7 Å². The van der Waals surface area contributed by atoms with E-state index in [9.17, 15) is 4.79 Å². The number of amides is 1. The van der Waals surface area contributed by atoms with Crippen LogP contribution >= 0.6 is 0 Å². The molecule has 0 saturated heterocycles. The van der Waals surface area contributed by atoms with Gasteiger partial charge in [-0.15, -0.1) is 0 Å². The highest BCUT2D eigenvalue weighted by atomic mass is 16.2. The molecular weight excluding hydrogens is 238 g/mol. The Morgan fingerprint density at radius 2 is 2.00 bits per heavy atom. The first-order chi connectivity index (χ1) is 9.13. The molecule has 0 radical (unpaired) electrons. The number of hydrogen-bond donors (Lipinski definition) is 1. The molecule has 1 aliphatic rings. The molecule has 1 N–H and O–H groups in total. The number of carbonyl (C=O) groups excluding carboxylic acids is 1. The number of anilines is 1. The maximum atomic E-state index is 12.2. The van der Waals surface area contributed by atoms with Crippen LogP contribution in [0.1, 0.15) is 40.5 Å². The minimum Gasteiger partial charge on any atom is -0.321 e. The second kappa shape index (κ2) is 4.53. The molecule has 0 aliphatic heterocycles. The molecule has 1 fully saturated rings. The summed E-state index contributed by atoms with van der Waals surface area (Å²) in [6.07, 6.45) is 2.38. The molecule has 0 atom stereocenters. The first kappa shape index (κ1) is 12.0. The van der Waals surface area contributed by atoms with E-state index in [0.29, 0.717) is 11.6 Å². The average molecular weight is 255 g/mol. The van der Waals surface area contributed by atoms with Gasteiger partial charge in [-0.05, 0) is 38.0 Å². The van der Waals surface area contributed by atoms with Crippen molar-refractivity contribution in [1.82, 2.24) is 9.78 Å². The summed E-state index contributed by atoms with van der Waals surface area (Å²) in [6, 6.07) is 9.68. The fraction of sp³-hybridized carbons (Fsp3) is 0.333. The highest BCUT2D eigenvalue weighted by molar-refractivity contribution is 6.03. The first-order valence-corrected chi connectivity index (χ1v) is 6.55. The molecule has 2 aromatic rings. The fourth-order valence-electron chi connectivity index (χ4n) is 2.11. The normalized spacial score (nSPS) is 14.4. The van der Waals surface area contributed by atoms with Crippen LogP contribution in [-0.4, -0.2) is 15.7 Å². The van der Waals surface area contributed by atoms with Crippen LogP contribution in [-0.2, 0) is 7.05 Å². The minimum absolute atomic E-state index is 0.106. The van der Waals surface area contributed by atoms with Crippen molar-refractivity contribution in [2.24, 2.45) is 7.05 Å². The maximum absolute atomic E-state index is 12.2. The van der Waals surface area contributed by atoms with Gasteiger partial charge in [0.1, 0.15) is 5.69 Å². The van der Waals surface area contributed by atoms with Crippen molar-refractivity contribution in [2.75, 3.05) is 5.32 Å². The Morgan fingerprint density at radius 1 is 1.32 bits per heavy atom. The van der Waals surface area contributed by atoms with Crippen molar-refractivity contribution < 1.29 is 4.79 Å². The van der Waals surface area contributed by atoms with E-state index < -0.39 is 0 Å². The quantitative estimate of drug-likeness (QED) is 0.916. The zero-order valence-corrected chi connectivity index (χ0v) is 11.2. The third-order valence-electron chi connectivity index (χ3n) is 3.44. The van der Waals surface area contributed by atoms with Gasteiger partial charge in [0.05, 0.1) is 5.69 Å². The van der Waals surface area contributed by atoms with Crippen molar-refractivity contribution in [3.8, 4) is 0 Å². The van der Waals surface area contributed by atoms with E-state index >= 15 is 0 Å². The molecule has 1 aromatic carbocycles. The molecule has 3 rings (SSSR count). The van der Waals surface area contributed by atoms with Crippen LogP contribution in [0.4, 0.5) is 5.69 Å². The van der Waals surface area contributed by atoms with Crippen molar-refractivity contribution in [2.45, 2.75) is 25.7 Å². The van der Waals surface area contributed by atoms with Gasteiger partial charge in [0.2, 0.25) is 0 Å². The fourth-order valence-corrected chi connectivity index (χ4v) is 2.11. The second-order valence-corrected chi connectivity index (χ2v) is 5.17. The van der Waals surface area contributed by atoms with E-state index in [1.54, 1.807) is 4.68 Å². The lowest BCUT2D eigenvalue weighted by molar-refractivity contribution is 0.101. The molecule has 0 spiro atoms. The lowest BCUT2D eigenvalue weighted by Crippen LogP contribution is -2.15.